The topological polar surface area (TPSA) is 42.0 Å². The lowest BCUT2D eigenvalue weighted by Crippen LogP contribution is -2.03. The van der Waals surface area contributed by atoms with Gasteiger partial charge in [-0.15, -0.1) is 11.3 Å². The quantitative estimate of drug-likeness (QED) is 0.412. The lowest BCUT2D eigenvalue weighted by atomic mass is 10.1. The Morgan fingerprint density at radius 1 is 1.04 bits per heavy atom. The second kappa shape index (κ2) is 9.14. The Morgan fingerprint density at radius 3 is 2.68 bits per heavy atom. The first kappa shape index (κ1) is 17.4. The first-order chi connectivity index (χ1) is 12.4. The monoisotopic (exact) mass is 350 g/mol. The fourth-order valence-corrected chi connectivity index (χ4v) is 3.49. The number of carbonyl (C=O) groups excluding carboxylic acids is 1. The third kappa shape index (κ3) is 5.00. The minimum absolute atomic E-state index is 0.679. The van der Waals surface area contributed by atoms with E-state index in [0.717, 1.165) is 41.9 Å². The number of anilines is 1. The zero-order valence-corrected chi connectivity index (χ0v) is 15.0. The van der Waals surface area contributed by atoms with Gasteiger partial charge in [-0.2, -0.15) is 0 Å². The van der Waals surface area contributed by atoms with Crippen LogP contribution >= 0.6 is 11.3 Å². The normalized spacial score (nSPS) is 10.6. The highest BCUT2D eigenvalue weighted by Crippen LogP contribution is 2.30. The number of thiazole rings is 1. The molecule has 3 rings (SSSR count). The van der Waals surface area contributed by atoms with Crippen LogP contribution in [0.2, 0.25) is 0 Å². The minimum Gasteiger partial charge on any atom is -0.384 e. The average molecular weight is 350 g/mol. The molecule has 0 saturated carbocycles. The summed E-state index contributed by atoms with van der Waals surface area (Å²) in [5.74, 6) is 0. The molecule has 1 N–H and O–H groups in total. The summed E-state index contributed by atoms with van der Waals surface area (Å²) in [5.41, 5.74) is 4.14. The molecule has 0 radical (unpaired) electrons. The smallest absolute Gasteiger partial charge is 0.150 e. The van der Waals surface area contributed by atoms with Crippen LogP contribution in [0.15, 0.2) is 60.1 Å². The standard InChI is InChI=1S/C21H22N2OS/c24-16-18-10-11-20(19(15-18)21-23-13-14-25-21)22-12-6-2-5-9-17-7-3-1-4-8-17/h1,3-4,7-8,10-11,13-16,22H,2,5-6,9,12H2. The summed E-state index contributed by atoms with van der Waals surface area (Å²) in [5, 5.41) is 6.40. The summed E-state index contributed by atoms with van der Waals surface area (Å²) in [4.78, 5) is 15.4. The SMILES string of the molecule is O=Cc1ccc(NCCCCCc2ccccc2)c(-c2nccs2)c1. The molecule has 0 aliphatic rings. The molecule has 3 nitrogen and oxygen atoms in total. The number of aromatic nitrogens is 1. The Kier molecular flexibility index (Phi) is 6.35. The molecule has 0 aliphatic heterocycles. The van der Waals surface area contributed by atoms with Crippen molar-refractivity contribution in [3.63, 3.8) is 0 Å². The van der Waals surface area contributed by atoms with Gasteiger partial charge in [0.25, 0.3) is 0 Å². The predicted molar refractivity (Wildman–Crippen MR) is 105 cm³/mol. The van der Waals surface area contributed by atoms with Crippen LogP contribution in [0.1, 0.15) is 35.2 Å². The van der Waals surface area contributed by atoms with Crippen molar-refractivity contribution in [2.75, 3.05) is 11.9 Å². The lowest BCUT2D eigenvalue weighted by molar-refractivity contribution is 0.112. The summed E-state index contributed by atoms with van der Waals surface area (Å²) in [6, 6.07) is 16.4. The summed E-state index contributed by atoms with van der Waals surface area (Å²) in [6.45, 7) is 0.924. The molecule has 0 saturated heterocycles. The van der Waals surface area contributed by atoms with Gasteiger partial charge in [-0.05, 0) is 43.0 Å². The number of hydrogen-bond donors (Lipinski definition) is 1. The third-order valence-corrected chi connectivity index (χ3v) is 4.95. The number of unbranched alkanes of at least 4 members (excludes halogenated alkanes) is 2. The number of nitrogens with zero attached hydrogens (tertiary/aromatic N) is 1. The number of hydrogen-bond acceptors (Lipinski definition) is 4. The highest BCUT2D eigenvalue weighted by Gasteiger charge is 2.08. The van der Waals surface area contributed by atoms with Crippen molar-refractivity contribution in [3.05, 3.63) is 71.2 Å². The number of aldehydes is 1. The van der Waals surface area contributed by atoms with Gasteiger partial charge in [-0.1, -0.05) is 36.8 Å². The molecule has 3 aromatic rings. The highest BCUT2D eigenvalue weighted by atomic mass is 32.1. The lowest BCUT2D eigenvalue weighted by Gasteiger charge is -2.11. The van der Waals surface area contributed by atoms with Gasteiger partial charge < -0.3 is 5.32 Å². The largest absolute Gasteiger partial charge is 0.384 e. The van der Waals surface area contributed by atoms with Crippen molar-refractivity contribution in [2.24, 2.45) is 0 Å². The Labute approximate surface area is 152 Å². The fourth-order valence-electron chi connectivity index (χ4n) is 2.82. The zero-order chi connectivity index (χ0) is 17.3. The minimum atomic E-state index is 0.679. The maximum atomic E-state index is 11.1. The van der Waals surface area contributed by atoms with Crippen molar-refractivity contribution in [2.45, 2.75) is 25.7 Å². The van der Waals surface area contributed by atoms with Gasteiger partial charge in [0.05, 0.1) is 0 Å². The van der Waals surface area contributed by atoms with E-state index in [1.54, 1.807) is 17.5 Å². The van der Waals surface area contributed by atoms with E-state index in [-0.39, 0.29) is 0 Å². The molecule has 0 aliphatic carbocycles. The summed E-state index contributed by atoms with van der Waals surface area (Å²) >= 11 is 1.59. The third-order valence-electron chi connectivity index (χ3n) is 4.14. The van der Waals surface area contributed by atoms with Crippen LogP contribution in [-0.2, 0) is 6.42 Å². The molecule has 0 unspecified atom stereocenters. The molecule has 128 valence electrons. The molecule has 1 heterocycles. The first-order valence-electron chi connectivity index (χ1n) is 8.64. The van der Waals surface area contributed by atoms with E-state index in [9.17, 15) is 4.79 Å². The van der Waals surface area contributed by atoms with E-state index in [0.29, 0.717) is 5.56 Å². The van der Waals surface area contributed by atoms with Crippen molar-refractivity contribution < 1.29 is 4.79 Å². The van der Waals surface area contributed by atoms with Gasteiger partial charge in [-0.25, -0.2) is 4.98 Å². The Balaban J connectivity index is 1.50. The van der Waals surface area contributed by atoms with Crippen molar-refractivity contribution in [3.8, 4) is 10.6 Å². The number of nitrogens with one attached hydrogen (secondary N) is 1. The van der Waals surface area contributed by atoms with E-state index in [1.165, 1.54) is 18.4 Å². The molecule has 2 aromatic carbocycles. The molecule has 0 spiro atoms. The number of aryl methyl sites for hydroxylation is 1. The number of carbonyl (C=O) groups is 1. The Bertz CT molecular complexity index is 785. The molecule has 0 atom stereocenters. The summed E-state index contributed by atoms with van der Waals surface area (Å²) in [7, 11) is 0. The van der Waals surface area contributed by atoms with Crippen molar-refractivity contribution in [1.29, 1.82) is 0 Å². The molecule has 1 aromatic heterocycles. The van der Waals surface area contributed by atoms with Crippen LogP contribution in [0.25, 0.3) is 10.6 Å². The van der Waals surface area contributed by atoms with Crippen LogP contribution in [0.3, 0.4) is 0 Å². The van der Waals surface area contributed by atoms with Gasteiger partial charge in [0.2, 0.25) is 0 Å². The maximum Gasteiger partial charge on any atom is 0.150 e. The predicted octanol–water partition coefficient (Wildman–Crippen LogP) is 5.45. The molecule has 4 heteroatoms. The summed E-state index contributed by atoms with van der Waals surface area (Å²) in [6.07, 6.45) is 7.33. The van der Waals surface area contributed by atoms with Crippen LogP contribution < -0.4 is 5.32 Å². The van der Waals surface area contributed by atoms with E-state index in [2.05, 4.69) is 40.6 Å². The first-order valence-corrected chi connectivity index (χ1v) is 9.51. The molecular formula is C21H22N2OS. The molecule has 0 amide bonds. The van der Waals surface area contributed by atoms with Crippen molar-refractivity contribution in [1.82, 2.24) is 4.98 Å². The maximum absolute atomic E-state index is 11.1. The average Bonchev–Trinajstić information content (AvgIpc) is 3.20. The van der Waals surface area contributed by atoms with E-state index < -0.39 is 0 Å². The fraction of sp³-hybridized carbons (Fsp3) is 0.238. The second-order valence-corrected chi connectivity index (χ2v) is 6.88. The molecule has 0 fully saturated rings. The van der Waals surface area contributed by atoms with Gasteiger partial charge in [0, 0.05) is 34.9 Å². The van der Waals surface area contributed by atoms with Gasteiger partial charge in [0.1, 0.15) is 11.3 Å². The van der Waals surface area contributed by atoms with E-state index >= 15 is 0 Å². The van der Waals surface area contributed by atoms with Crippen LogP contribution in [0, 0.1) is 0 Å². The van der Waals surface area contributed by atoms with Gasteiger partial charge in [-0.3, -0.25) is 4.79 Å². The number of benzene rings is 2. The molecular weight excluding hydrogens is 328 g/mol. The van der Waals surface area contributed by atoms with Gasteiger partial charge in [0.15, 0.2) is 0 Å². The summed E-state index contributed by atoms with van der Waals surface area (Å²) < 4.78 is 0. The number of rotatable bonds is 9. The highest BCUT2D eigenvalue weighted by molar-refractivity contribution is 7.13. The second-order valence-electron chi connectivity index (χ2n) is 5.98. The van der Waals surface area contributed by atoms with E-state index in [4.69, 9.17) is 0 Å². The molecule has 0 bridgehead atoms. The van der Waals surface area contributed by atoms with Crippen LogP contribution in [-0.4, -0.2) is 17.8 Å². The van der Waals surface area contributed by atoms with Crippen LogP contribution in [0.5, 0.6) is 0 Å². The Hall–Kier alpha value is -2.46. The zero-order valence-electron chi connectivity index (χ0n) is 14.2. The van der Waals surface area contributed by atoms with Gasteiger partial charge >= 0.3 is 0 Å². The van der Waals surface area contributed by atoms with Crippen molar-refractivity contribution >= 4 is 23.3 Å². The van der Waals surface area contributed by atoms with Crippen LogP contribution in [0.4, 0.5) is 5.69 Å². The Morgan fingerprint density at radius 2 is 1.92 bits per heavy atom. The van der Waals surface area contributed by atoms with E-state index in [1.807, 2.05) is 23.6 Å². The molecule has 25 heavy (non-hydrogen) atoms.